The van der Waals surface area contributed by atoms with Crippen LogP contribution in [0, 0.1) is 0 Å². The van der Waals surface area contributed by atoms with Crippen LogP contribution >= 0.6 is 0 Å². The largest absolute Gasteiger partial charge is 0.479 e. The van der Waals surface area contributed by atoms with E-state index in [1.807, 2.05) is 16.9 Å². The van der Waals surface area contributed by atoms with Crippen molar-refractivity contribution >= 4 is 5.97 Å². The van der Waals surface area contributed by atoms with E-state index in [-0.39, 0.29) is 6.61 Å². The van der Waals surface area contributed by atoms with Crippen molar-refractivity contribution in [1.82, 2.24) is 9.78 Å². The van der Waals surface area contributed by atoms with Crippen LogP contribution in [-0.4, -0.2) is 27.0 Å². The molecule has 1 N–H and O–H groups in total. The van der Waals surface area contributed by atoms with Crippen molar-refractivity contribution in [2.45, 2.75) is 51.4 Å². The van der Waals surface area contributed by atoms with Gasteiger partial charge < -0.3 is 9.84 Å². The van der Waals surface area contributed by atoms with E-state index in [0.29, 0.717) is 6.04 Å². The first-order valence-corrected chi connectivity index (χ1v) is 6.05. The third kappa shape index (κ3) is 3.06. The number of aromatic nitrogens is 2. The normalized spacial score (nSPS) is 18.4. The molecule has 0 amide bonds. The Bertz CT molecular complexity index is 383. The molecule has 1 aromatic heterocycles. The predicted molar refractivity (Wildman–Crippen MR) is 61.6 cm³/mol. The van der Waals surface area contributed by atoms with Crippen LogP contribution < -0.4 is 0 Å². The van der Waals surface area contributed by atoms with Gasteiger partial charge in [-0.05, 0) is 25.8 Å². The fourth-order valence-corrected chi connectivity index (χ4v) is 2.11. The van der Waals surface area contributed by atoms with E-state index < -0.39 is 12.1 Å². The molecule has 94 valence electrons. The summed E-state index contributed by atoms with van der Waals surface area (Å²) >= 11 is 0. The second-order valence-corrected chi connectivity index (χ2v) is 4.52. The van der Waals surface area contributed by atoms with Gasteiger partial charge in [-0.25, -0.2) is 4.79 Å². The van der Waals surface area contributed by atoms with Gasteiger partial charge in [-0.2, -0.15) is 5.10 Å². The fraction of sp³-hybridized carbons (Fsp3) is 0.667. The van der Waals surface area contributed by atoms with Crippen LogP contribution in [0.4, 0.5) is 0 Å². The van der Waals surface area contributed by atoms with Gasteiger partial charge in [0.25, 0.3) is 0 Å². The molecule has 0 bridgehead atoms. The number of carbonyl (C=O) groups is 1. The lowest BCUT2D eigenvalue weighted by Crippen LogP contribution is -2.19. The number of aliphatic carboxylic acids is 1. The van der Waals surface area contributed by atoms with Crippen LogP contribution in [0.15, 0.2) is 12.3 Å². The lowest BCUT2D eigenvalue weighted by Gasteiger charge is -2.09. The molecule has 0 aromatic carbocycles. The Morgan fingerprint density at radius 2 is 2.35 bits per heavy atom. The third-order valence-electron chi connectivity index (χ3n) is 3.19. The zero-order valence-electron chi connectivity index (χ0n) is 10.0. The molecule has 5 nitrogen and oxygen atoms in total. The molecule has 0 spiro atoms. The molecule has 0 unspecified atom stereocenters. The van der Waals surface area contributed by atoms with Gasteiger partial charge in [0.2, 0.25) is 0 Å². The average molecular weight is 238 g/mol. The smallest absolute Gasteiger partial charge is 0.332 e. The minimum absolute atomic E-state index is 0.257. The Hall–Kier alpha value is -1.36. The van der Waals surface area contributed by atoms with Crippen molar-refractivity contribution < 1.29 is 14.6 Å². The summed E-state index contributed by atoms with van der Waals surface area (Å²) in [6.07, 6.45) is 6.09. The highest BCUT2D eigenvalue weighted by Crippen LogP contribution is 2.28. The van der Waals surface area contributed by atoms with Gasteiger partial charge in [0.1, 0.15) is 0 Å². The Labute approximate surface area is 100 Å². The van der Waals surface area contributed by atoms with Crippen LogP contribution in [0.5, 0.6) is 0 Å². The number of hydrogen-bond donors (Lipinski definition) is 1. The van der Waals surface area contributed by atoms with Crippen molar-refractivity contribution in [2.24, 2.45) is 0 Å². The highest BCUT2D eigenvalue weighted by molar-refractivity contribution is 5.71. The van der Waals surface area contributed by atoms with E-state index in [1.165, 1.54) is 32.6 Å². The monoisotopic (exact) mass is 238 g/mol. The predicted octanol–water partition coefficient (Wildman–Crippen LogP) is 1.99. The summed E-state index contributed by atoms with van der Waals surface area (Å²) in [7, 11) is 0. The van der Waals surface area contributed by atoms with Gasteiger partial charge in [0.15, 0.2) is 6.10 Å². The van der Waals surface area contributed by atoms with E-state index in [2.05, 4.69) is 5.10 Å². The maximum atomic E-state index is 10.6. The second-order valence-electron chi connectivity index (χ2n) is 4.52. The van der Waals surface area contributed by atoms with Crippen molar-refractivity contribution in [2.75, 3.05) is 0 Å². The van der Waals surface area contributed by atoms with Gasteiger partial charge in [0.05, 0.1) is 18.3 Å². The van der Waals surface area contributed by atoms with Gasteiger partial charge in [-0.15, -0.1) is 0 Å². The molecule has 17 heavy (non-hydrogen) atoms. The van der Waals surface area contributed by atoms with Crippen LogP contribution in [0.1, 0.15) is 44.3 Å². The quantitative estimate of drug-likeness (QED) is 0.852. The Morgan fingerprint density at radius 1 is 1.65 bits per heavy atom. The van der Waals surface area contributed by atoms with Gasteiger partial charge in [0, 0.05) is 6.20 Å². The lowest BCUT2D eigenvalue weighted by atomic mass is 10.3. The van der Waals surface area contributed by atoms with Crippen LogP contribution in [0.3, 0.4) is 0 Å². The van der Waals surface area contributed by atoms with E-state index >= 15 is 0 Å². The molecule has 0 radical (unpaired) electrons. The number of carboxylic acid groups (broad SMARTS) is 1. The van der Waals surface area contributed by atoms with Crippen molar-refractivity contribution in [1.29, 1.82) is 0 Å². The molecule has 5 heteroatoms. The maximum absolute atomic E-state index is 10.6. The molecule has 1 aliphatic rings. The summed E-state index contributed by atoms with van der Waals surface area (Å²) in [6, 6.07) is 2.41. The number of nitrogens with zero attached hydrogens (tertiary/aromatic N) is 2. The van der Waals surface area contributed by atoms with E-state index in [0.717, 1.165) is 5.69 Å². The molecular formula is C12H18N2O3. The molecule has 1 saturated carbocycles. The molecule has 0 saturated heterocycles. The molecular weight excluding hydrogens is 220 g/mol. The van der Waals surface area contributed by atoms with Gasteiger partial charge in [-0.3, -0.25) is 4.68 Å². The summed E-state index contributed by atoms with van der Waals surface area (Å²) < 4.78 is 7.17. The first-order chi connectivity index (χ1) is 8.16. The van der Waals surface area contributed by atoms with Crippen LogP contribution in [0.25, 0.3) is 0 Å². The number of ether oxygens (including phenoxy) is 1. The molecule has 1 atom stereocenters. The maximum Gasteiger partial charge on any atom is 0.332 e. The third-order valence-corrected chi connectivity index (χ3v) is 3.19. The molecule has 1 fully saturated rings. The van der Waals surface area contributed by atoms with Crippen LogP contribution in [-0.2, 0) is 16.1 Å². The Kier molecular flexibility index (Phi) is 3.78. The molecule has 2 rings (SSSR count). The van der Waals surface area contributed by atoms with E-state index in [1.54, 1.807) is 0 Å². The lowest BCUT2D eigenvalue weighted by molar-refractivity contribution is -0.149. The molecule has 0 aliphatic heterocycles. The first kappa shape index (κ1) is 12.1. The van der Waals surface area contributed by atoms with E-state index in [4.69, 9.17) is 9.84 Å². The summed E-state index contributed by atoms with van der Waals surface area (Å²) in [4.78, 5) is 10.6. The standard InChI is InChI=1S/C12H18N2O3/c1-9(12(15)16)17-8-10-6-7-14(13-10)11-4-2-3-5-11/h6-7,9,11H,2-5,8H2,1H3,(H,15,16)/t9-/m1/s1. The summed E-state index contributed by atoms with van der Waals surface area (Å²) in [5.41, 5.74) is 0.796. The number of rotatable bonds is 5. The average Bonchev–Trinajstić information content (AvgIpc) is 2.95. The molecule has 1 heterocycles. The minimum atomic E-state index is -0.944. The van der Waals surface area contributed by atoms with Crippen molar-refractivity contribution in [3.05, 3.63) is 18.0 Å². The second kappa shape index (κ2) is 5.31. The van der Waals surface area contributed by atoms with Crippen LogP contribution in [0.2, 0.25) is 0 Å². The SMILES string of the molecule is C[C@@H](OCc1ccn(C2CCCC2)n1)C(=O)O. The first-order valence-electron chi connectivity index (χ1n) is 6.05. The number of carboxylic acids is 1. The summed E-state index contributed by atoms with van der Waals surface area (Å²) in [5, 5.41) is 13.1. The zero-order chi connectivity index (χ0) is 12.3. The topological polar surface area (TPSA) is 64.4 Å². The van der Waals surface area contributed by atoms with Gasteiger partial charge >= 0.3 is 5.97 Å². The summed E-state index contributed by atoms with van der Waals surface area (Å²) in [5.74, 6) is -0.944. The van der Waals surface area contributed by atoms with Gasteiger partial charge in [-0.1, -0.05) is 12.8 Å². The van der Waals surface area contributed by atoms with Crippen molar-refractivity contribution in [3.8, 4) is 0 Å². The highest BCUT2D eigenvalue weighted by Gasteiger charge is 2.18. The highest BCUT2D eigenvalue weighted by atomic mass is 16.5. The van der Waals surface area contributed by atoms with E-state index in [9.17, 15) is 4.79 Å². The molecule has 1 aliphatic carbocycles. The molecule has 1 aromatic rings. The van der Waals surface area contributed by atoms with Crippen molar-refractivity contribution in [3.63, 3.8) is 0 Å². The Morgan fingerprint density at radius 3 is 3.00 bits per heavy atom. The summed E-state index contributed by atoms with van der Waals surface area (Å²) in [6.45, 7) is 1.78. The zero-order valence-corrected chi connectivity index (χ0v) is 10.0. The fourth-order valence-electron chi connectivity index (χ4n) is 2.11. The minimum Gasteiger partial charge on any atom is -0.479 e. The Balaban J connectivity index is 1.87. The number of hydrogen-bond acceptors (Lipinski definition) is 3.